The number of carbonyl (C=O) groups is 1. The molecule has 1 aliphatic heterocycles. The van der Waals surface area contributed by atoms with Gasteiger partial charge >= 0.3 is 5.97 Å². The smallest absolute Gasteiger partial charge is 0.341 e. The molecule has 5 heteroatoms. The van der Waals surface area contributed by atoms with Gasteiger partial charge < -0.3 is 4.74 Å². The van der Waals surface area contributed by atoms with Crippen molar-refractivity contribution >= 4 is 14.0 Å². The van der Waals surface area contributed by atoms with Crippen LogP contribution in [0, 0.1) is 0 Å². The third-order valence-electron chi connectivity index (χ3n) is 2.48. The molecule has 0 fully saturated rings. The molecule has 2 rings (SSSR count). The average Bonchev–Trinajstić information content (AvgIpc) is 2.56. The van der Waals surface area contributed by atoms with E-state index in [1.165, 1.54) is 0 Å². The van der Waals surface area contributed by atoms with Gasteiger partial charge in [-0.1, -0.05) is 39.0 Å². The van der Waals surface area contributed by atoms with Gasteiger partial charge in [0.25, 0.3) is 0 Å². The molecule has 0 N–H and O–H groups in total. The van der Waals surface area contributed by atoms with E-state index in [-0.39, 0.29) is 0 Å². The maximum atomic E-state index is 11.9. The number of hydrogen-bond acceptors (Lipinski definition) is 4. The van der Waals surface area contributed by atoms with Gasteiger partial charge in [0.1, 0.15) is 0 Å². The summed E-state index contributed by atoms with van der Waals surface area (Å²) in [4.78, 5) is 11.5. The van der Waals surface area contributed by atoms with Crippen LogP contribution in [0.3, 0.4) is 0 Å². The van der Waals surface area contributed by atoms with Crippen LogP contribution in [-0.4, -0.2) is 11.1 Å². The van der Waals surface area contributed by atoms with Gasteiger partial charge in [0.2, 0.25) is 6.29 Å². The first-order valence-corrected chi connectivity index (χ1v) is 6.72. The van der Waals surface area contributed by atoms with Crippen molar-refractivity contribution in [2.75, 3.05) is 0 Å². The van der Waals surface area contributed by atoms with Gasteiger partial charge in [0, 0.05) is 10.7 Å². The van der Waals surface area contributed by atoms with Crippen molar-refractivity contribution in [3.8, 4) is 0 Å². The minimum absolute atomic E-state index is 0.422. The van der Waals surface area contributed by atoms with E-state index >= 15 is 0 Å². The van der Waals surface area contributed by atoms with Crippen molar-refractivity contribution in [1.82, 2.24) is 0 Å². The minimum atomic E-state index is -2.28. The Hall–Kier alpha value is -1.12. The van der Waals surface area contributed by atoms with Crippen LogP contribution in [-0.2, 0) is 13.8 Å². The normalized spacial score (nSPS) is 20.9. The monoisotopic (exact) mass is 254 g/mol. The Kier molecular flexibility index (Phi) is 3.11. The number of ether oxygens (including phenoxy) is 1. The highest BCUT2D eigenvalue weighted by Gasteiger charge is 2.34. The lowest BCUT2D eigenvalue weighted by Crippen LogP contribution is -2.11. The molecule has 0 aromatic heterocycles. The number of benzene rings is 1. The third-order valence-corrected chi connectivity index (χ3v) is 4.13. The van der Waals surface area contributed by atoms with Crippen molar-refractivity contribution in [1.29, 1.82) is 0 Å². The topological polar surface area (TPSA) is 52.6 Å². The van der Waals surface area contributed by atoms with E-state index in [1.807, 2.05) is 20.8 Å². The van der Waals surface area contributed by atoms with Gasteiger partial charge in [-0.05, 0) is 6.07 Å². The van der Waals surface area contributed by atoms with Crippen LogP contribution < -0.4 is 0 Å². The summed E-state index contributed by atoms with van der Waals surface area (Å²) in [6, 6.07) is 6.98. The second-order valence-electron chi connectivity index (χ2n) is 4.98. The largest absolute Gasteiger partial charge is 0.427 e. The Labute approximate surface area is 101 Å². The standard InChI is InChI=1S/C12H15O4P/c1-12(2,3)17(14)16-11-9-7-5-4-6-8(9)10(13)15-11/h4-7,11,17H,1-3H3. The van der Waals surface area contributed by atoms with Crippen LogP contribution in [0.4, 0.5) is 0 Å². The summed E-state index contributed by atoms with van der Waals surface area (Å²) in [6.45, 7) is 5.49. The van der Waals surface area contributed by atoms with E-state index in [9.17, 15) is 9.36 Å². The van der Waals surface area contributed by atoms with E-state index in [1.54, 1.807) is 24.3 Å². The molecule has 1 heterocycles. The van der Waals surface area contributed by atoms with E-state index in [0.29, 0.717) is 11.1 Å². The van der Waals surface area contributed by atoms with E-state index < -0.39 is 25.4 Å². The maximum absolute atomic E-state index is 11.9. The molecule has 1 aliphatic rings. The zero-order valence-corrected chi connectivity index (χ0v) is 11.0. The lowest BCUT2D eigenvalue weighted by Gasteiger charge is -2.20. The van der Waals surface area contributed by atoms with E-state index in [2.05, 4.69) is 0 Å². The van der Waals surface area contributed by atoms with Crippen LogP contribution >= 0.6 is 8.03 Å². The van der Waals surface area contributed by atoms with Crippen molar-refractivity contribution in [2.45, 2.75) is 32.2 Å². The molecule has 0 saturated heterocycles. The molecule has 4 nitrogen and oxygen atoms in total. The van der Waals surface area contributed by atoms with E-state index in [4.69, 9.17) is 9.26 Å². The van der Waals surface area contributed by atoms with Crippen molar-refractivity contribution < 1.29 is 18.6 Å². The molecule has 2 atom stereocenters. The van der Waals surface area contributed by atoms with Gasteiger partial charge in [-0.15, -0.1) is 0 Å². The molecule has 0 spiro atoms. The quantitative estimate of drug-likeness (QED) is 0.601. The molecule has 0 bridgehead atoms. The molecular weight excluding hydrogens is 239 g/mol. The van der Waals surface area contributed by atoms with E-state index in [0.717, 1.165) is 0 Å². The second-order valence-corrected chi connectivity index (χ2v) is 7.29. The fourth-order valence-corrected chi connectivity index (χ4v) is 2.20. The highest BCUT2D eigenvalue weighted by atomic mass is 31.1. The maximum Gasteiger partial charge on any atom is 0.341 e. The van der Waals surface area contributed by atoms with Crippen LogP contribution in [0.15, 0.2) is 24.3 Å². The molecule has 92 valence electrons. The van der Waals surface area contributed by atoms with Gasteiger partial charge in [0.15, 0.2) is 8.03 Å². The lowest BCUT2D eigenvalue weighted by atomic mass is 10.1. The fourth-order valence-electron chi connectivity index (χ4n) is 1.47. The van der Waals surface area contributed by atoms with Gasteiger partial charge in [0.05, 0.1) is 5.56 Å². The Morgan fingerprint density at radius 1 is 1.29 bits per heavy atom. The molecule has 1 aromatic carbocycles. The van der Waals surface area contributed by atoms with Crippen LogP contribution in [0.1, 0.15) is 43.0 Å². The third kappa shape index (κ3) is 2.43. The van der Waals surface area contributed by atoms with Crippen molar-refractivity contribution in [3.63, 3.8) is 0 Å². The molecule has 2 unspecified atom stereocenters. The first-order chi connectivity index (χ1) is 7.89. The number of esters is 1. The second kappa shape index (κ2) is 4.28. The Morgan fingerprint density at radius 3 is 2.59 bits per heavy atom. The van der Waals surface area contributed by atoms with Crippen LogP contribution in [0.2, 0.25) is 0 Å². The molecule has 17 heavy (non-hydrogen) atoms. The van der Waals surface area contributed by atoms with Crippen molar-refractivity contribution in [2.24, 2.45) is 0 Å². The molecule has 0 aliphatic carbocycles. The number of cyclic esters (lactones) is 1. The number of hydrogen-bond donors (Lipinski definition) is 0. The summed E-state index contributed by atoms with van der Waals surface area (Å²) in [5.74, 6) is -0.422. The fraction of sp³-hybridized carbons (Fsp3) is 0.417. The Morgan fingerprint density at radius 2 is 1.94 bits per heavy atom. The zero-order chi connectivity index (χ0) is 12.6. The summed E-state index contributed by atoms with van der Waals surface area (Å²) in [5.41, 5.74) is 1.14. The predicted molar refractivity (Wildman–Crippen MR) is 64.4 cm³/mol. The lowest BCUT2D eigenvalue weighted by molar-refractivity contribution is -0.0352. The molecule has 1 aromatic rings. The Balaban J connectivity index is 2.21. The summed E-state index contributed by atoms with van der Waals surface area (Å²) >= 11 is 0. The zero-order valence-electron chi connectivity index (χ0n) is 10.0. The predicted octanol–water partition coefficient (Wildman–Crippen LogP) is 3.15. The van der Waals surface area contributed by atoms with Gasteiger partial charge in [-0.25, -0.2) is 4.79 Å². The van der Waals surface area contributed by atoms with Crippen molar-refractivity contribution in [3.05, 3.63) is 35.4 Å². The minimum Gasteiger partial charge on any atom is -0.427 e. The number of carbonyl (C=O) groups excluding carboxylic acids is 1. The summed E-state index contributed by atoms with van der Waals surface area (Å²) < 4.78 is 22.3. The SMILES string of the molecule is CC(C)(C)[PH](=O)OC1OC(=O)c2ccccc21. The molecular formula is C12H15O4P. The van der Waals surface area contributed by atoms with Gasteiger partial charge in [-0.2, -0.15) is 0 Å². The molecule has 0 radical (unpaired) electrons. The highest BCUT2D eigenvalue weighted by Crippen LogP contribution is 2.46. The van der Waals surface area contributed by atoms with Gasteiger partial charge in [-0.3, -0.25) is 9.09 Å². The number of rotatable bonds is 2. The molecule has 0 amide bonds. The summed E-state index contributed by atoms with van der Waals surface area (Å²) in [6.07, 6.45) is -0.829. The summed E-state index contributed by atoms with van der Waals surface area (Å²) in [7, 11) is -2.28. The Bertz CT molecular complexity index is 476. The first-order valence-electron chi connectivity index (χ1n) is 5.40. The molecule has 0 saturated carbocycles. The number of fused-ring (bicyclic) bond motifs is 1. The highest BCUT2D eigenvalue weighted by molar-refractivity contribution is 7.41. The summed E-state index contributed by atoms with van der Waals surface area (Å²) in [5, 5.41) is -0.436. The average molecular weight is 254 g/mol. The first kappa shape index (κ1) is 12.3. The van der Waals surface area contributed by atoms with Crippen LogP contribution in [0.5, 0.6) is 0 Å². The van der Waals surface area contributed by atoms with Crippen LogP contribution in [0.25, 0.3) is 0 Å².